The summed E-state index contributed by atoms with van der Waals surface area (Å²) in [5, 5.41) is 8.52. The molecule has 0 saturated carbocycles. The van der Waals surface area contributed by atoms with Crippen LogP contribution in [0.3, 0.4) is 0 Å². The van der Waals surface area contributed by atoms with Gasteiger partial charge in [-0.2, -0.15) is 10.2 Å². The normalized spacial score (nSPS) is 8.85. The third-order valence-electron chi connectivity index (χ3n) is 1.30. The Balaban J connectivity index is 2.57. The minimum Gasteiger partial charge on any atom is -0.463 e. The molecule has 0 fully saturated rings. The van der Waals surface area contributed by atoms with Gasteiger partial charge in [-0.15, -0.1) is 6.58 Å². The highest BCUT2D eigenvalue weighted by Gasteiger charge is 1.97. The molecule has 4 nitrogen and oxygen atoms in total. The number of ether oxygens (including phenoxy) is 1. The van der Waals surface area contributed by atoms with Crippen LogP contribution < -0.4 is 4.74 Å². The van der Waals surface area contributed by atoms with Crippen LogP contribution in [0.2, 0.25) is 0 Å². The van der Waals surface area contributed by atoms with E-state index in [1.807, 2.05) is 6.07 Å². The third kappa shape index (κ3) is 2.91. The van der Waals surface area contributed by atoms with Crippen molar-refractivity contribution < 1.29 is 4.74 Å². The van der Waals surface area contributed by atoms with E-state index in [0.717, 1.165) is 6.42 Å². The van der Waals surface area contributed by atoms with E-state index in [-0.39, 0.29) is 6.01 Å². The van der Waals surface area contributed by atoms with Crippen molar-refractivity contribution in [1.29, 1.82) is 5.26 Å². The van der Waals surface area contributed by atoms with E-state index in [1.54, 1.807) is 6.08 Å². The van der Waals surface area contributed by atoms with Crippen molar-refractivity contribution in [3.8, 4) is 12.1 Å². The lowest BCUT2D eigenvalue weighted by molar-refractivity contribution is 0.298. The molecule has 1 aromatic heterocycles. The SMILES string of the molecule is C=CCCOc1nccc(C#N)n1. The van der Waals surface area contributed by atoms with Crippen molar-refractivity contribution in [2.24, 2.45) is 0 Å². The first kappa shape index (κ1) is 9.20. The highest BCUT2D eigenvalue weighted by molar-refractivity contribution is 5.19. The van der Waals surface area contributed by atoms with Crippen LogP contribution in [0, 0.1) is 11.3 Å². The van der Waals surface area contributed by atoms with Crippen LogP contribution in [-0.2, 0) is 0 Å². The molecule has 0 aliphatic carbocycles. The molecule has 0 aliphatic rings. The predicted octanol–water partition coefficient (Wildman–Crippen LogP) is 1.30. The van der Waals surface area contributed by atoms with E-state index in [4.69, 9.17) is 10.00 Å². The Morgan fingerprint density at radius 3 is 3.23 bits per heavy atom. The Morgan fingerprint density at radius 2 is 2.54 bits per heavy atom. The number of aromatic nitrogens is 2. The number of rotatable bonds is 4. The molecule has 0 saturated heterocycles. The molecule has 0 radical (unpaired) electrons. The van der Waals surface area contributed by atoms with E-state index >= 15 is 0 Å². The quantitative estimate of drug-likeness (QED) is 0.511. The lowest BCUT2D eigenvalue weighted by atomic mass is 10.4. The number of nitrogens with zero attached hydrogens (tertiary/aromatic N) is 3. The summed E-state index contributed by atoms with van der Waals surface area (Å²) in [6, 6.07) is 3.67. The Morgan fingerprint density at radius 1 is 1.69 bits per heavy atom. The molecule has 13 heavy (non-hydrogen) atoms. The maximum atomic E-state index is 8.52. The van der Waals surface area contributed by atoms with Gasteiger partial charge in [0, 0.05) is 6.20 Å². The summed E-state index contributed by atoms with van der Waals surface area (Å²) < 4.78 is 5.14. The summed E-state index contributed by atoms with van der Waals surface area (Å²) in [5.74, 6) is 0. The topological polar surface area (TPSA) is 58.8 Å². The first-order valence-electron chi connectivity index (χ1n) is 3.83. The molecule has 0 spiro atoms. The smallest absolute Gasteiger partial charge is 0.317 e. The Kier molecular flexibility index (Phi) is 3.45. The van der Waals surface area contributed by atoms with Crippen molar-refractivity contribution in [1.82, 2.24) is 9.97 Å². The molecule has 0 amide bonds. The van der Waals surface area contributed by atoms with Crippen LogP contribution in [0.1, 0.15) is 12.1 Å². The molecular weight excluding hydrogens is 166 g/mol. The summed E-state index contributed by atoms with van der Waals surface area (Å²) in [7, 11) is 0. The molecule has 0 unspecified atom stereocenters. The van der Waals surface area contributed by atoms with Crippen molar-refractivity contribution in [3.63, 3.8) is 0 Å². The molecule has 0 aliphatic heterocycles. The highest BCUT2D eigenvalue weighted by atomic mass is 16.5. The van der Waals surface area contributed by atoms with Gasteiger partial charge in [0.2, 0.25) is 0 Å². The summed E-state index contributed by atoms with van der Waals surface area (Å²) in [6.07, 6.45) is 3.98. The second-order valence-corrected chi connectivity index (χ2v) is 2.26. The molecule has 1 aromatic rings. The maximum Gasteiger partial charge on any atom is 0.317 e. The van der Waals surface area contributed by atoms with Gasteiger partial charge in [0.05, 0.1) is 6.61 Å². The van der Waals surface area contributed by atoms with E-state index in [0.29, 0.717) is 12.3 Å². The van der Waals surface area contributed by atoms with Gasteiger partial charge < -0.3 is 4.74 Å². The predicted molar refractivity (Wildman–Crippen MR) is 47.1 cm³/mol. The van der Waals surface area contributed by atoms with Gasteiger partial charge in [0.1, 0.15) is 11.8 Å². The zero-order valence-corrected chi connectivity index (χ0v) is 7.10. The first-order valence-corrected chi connectivity index (χ1v) is 3.83. The van der Waals surface area contributed by atoms with Crippen molar-refractivity contribution in [3.05, 3.63) is 30.6 Å². The molecule has 66 valence electrons. The zero-order valence-electron chi connectivity index (χ0n) is 7.10. The number of nitriles is 1. The largest absolute Gasteiger partial charge is 0.463 e. The summed E-state index contributed by atoms with van der Waals surface area (Å²) in [4.78, 5) is 7.67. The van der Waals surface area contributed by atoms with Crippen LogP contribution in [0.4, 0.5) is 0 Å². The third-order valence-corrected chi connectivity index (χ3v) is 1.30. The lowest BCUT2D eigenvalue weighted by Crippen LogP contribution is -2.00. The van der Waals surface area contributed by atoms with Gasteiger partial charge in [-0.25, -0.2) is 4.98 Å². The van der Waals surface area contributed by atoms with Crippen molar-refractivity contribution in [2.75, 3.05) is 6.61 Å². The van der Waals surface area contributed by atoms with Crippen LogP contribution >= 0.6 is 0 Å². The summed E-state index contributed by atoms with van der Waals surface area (Å²) in [6.45, 7) is 4.04. The van der Waals surface area contributed by atoms with E-state index in [1.165, 1.54) is 12.3 Å². The molecule has 0 N–H and O–H groups in total. The molecule has 0 aromatic carbocycles. The minimum absolute atomic E-state index is 0.237. The van der Waals surface area contributed by atoms with Crippen LogP contribution in [0.15, 0.2) is 24.9 Å². The Hall–Kier alpha value is -1.89. The maximum absolute atomic E-state index is 8.52. The van der Waals surface area contributed by atoms with E-state index < -0.39 is 0 Å². The number of hydrogen-bond donors (Lipinski definition) is 0. The Bertz CT molecular complexity index is 330. The summed E-state index contributed by atoms with van der Waals surface area (Å²) >= 11 is 0. The fraction of sp³-hybridized carbons (Fsp3) is 0.222. The van der Waals surface area contributed by atoms with Crippen molar-refractivity contribution in [2.45, 2.75) is 6.42 Å². The summed E-state index contributed by atoms with van der Waals surface area (Å²) in [5.41, 5.74) is 0.309. The van der Waals surface area contributed by atoms with Crippen LogP contribution in [0.5, 0.6) is 6.01 Å². The van der Waals surface area contributed by atoms with Gasteiger partial charge in [0.25, 0.3) is 0 Å². The second-order valence-electron chi connectivity index (χ2n) is 2.26. The number of hydrogen-bond acceptors (Lipinski definition) is 4. The second kappa shape index (κ2) is 4.88. The van der Waals surface area contributed by atoms with Crippen LogP contribution in [0.25, 0.3) is 0 Å². The minimum atomic E-state index is 0.237. The molecule has 0 atom stereocenters. The zero-order chi connectivity index (χ0) is 9.52. The fourth-order valence-corrected chi connectivity index (χ4v) is 0.706. The van der Waals surface area contributed by atoms with E-state index in [9.17, 15) is 0 Å². The van der Waals surface area contributed by atoms with Gasteiger partial charge in [-0.05, 0) is 12.5 Å². The molecular formula is C9H9N3O. The monoisotopic (exact) mass is 175 g/mol. The van der Waals surface area contributed by atoms with Crippen molar-refractivity contribution >= 4 is 0 Å². The highest BCUT2D eigenvalue weighted by Crippen LogP contribution is 2.01. The Labute approximate surface area is 76.5 Å². The lowest BCUT2D eigenvalue weighted by Gasteiger charge is -2.00. The van der Waals surface area contributed by atoms with Gasteiger partial charge >= 0.3 is 6.01 Å². The molecule has 1 heterocycles. The fourth-order valence-electron chi connectivity index (χ4n) is 0.706. The van der Waals surface area contributed by atoms with E-state index in [2.05, 4.69) is 16.5 Å². The van der Waals surface area contributed by atoms with Gasteiger partial charge in [0.15, 0.2) is 0 Å². The molecule has 1 rings (SSSR count). The standard InChI is InChI=1S/C9H9N3O/c1-2-3-6-13-9-11-5-4-8(7-10)12-9/h2,4-5H,1,3,6H2. The molecule has 0 bridgehead atoms. The first-order chi connectivity index (χ1) is 6.36. The van der Waals surface area contributed by atoms with Gasteiger partial charge in [-0.1, -0.05) is 6.08 Å². The van der Waals surface area contributed by atoms with Gasteiger partial charge in [-0.3, -0.25) is 0 Å². The molecule has 4 heteroatoms. The average molecular weight is 175 g/mol. The van der Waals surface area contributed by atoms with Crippen LogP contribution in [-0.4, -0.2) is 16.6 Å². The average Bonchev–Trinajstić information content (AvgIpc) is 2.19.